The minimum absolute atomic E-state index is 0.466. The van der Waals surface area contributed by atoms with Crippen LogP contribution < -0.4 is 5.73 Å². The van der Waals surface area contributed by atoms with Gasteiger partial charge >= 0.3 is 0 Å². The third kappa shape index (κ3) is 3.05. The second-order valence-electron chi connectivity index (χ2n) is 6.99. The number of anilines is 1. The Morgan fingerprint density at radius 3 is 3.09 bits per heavy atom. The van der Waals surface area contributed by atoms with Crippen LogP contribution in [-0.2, 0) is 4.74 Å². The second-order valence-corrected chi connectivity index (χ2v) is 6.99. The predicted molar refractivity (Wildman–Crippen MR) is 89.5 cm³/mol. The lowest BCUT2D eigenvalue weighted by atomic mass is 9.93. The van der Waals surface area contributed by atoms with Gasteiger partial charge in [-0.3, -0.25) is 0 Å². The van der Waals surface area contributed by atoms with Gasteiger partial charge < -0.3 is 15.4 Å². The van der Waals surface area contributed by atoms with Crippen LogP contribution in [0.5, 0.6) is 0 Å². The molecule has 2 aromatic heterocycles. The average molecular weight is 315 g/mol. The highest BCUT2D eigenvalue weighted by molar-refractivity contribution is 5.48. The molecule has 2 aromatic rings. The van der Waals surface area contributed by atoms with E-state index < -0.39 is 0 Å². The molecule has 0 aliphatic carbocycles. The maximum atomic E-state index is 6.17. The zero-order valence-corrected chi connectivity index (χ0v) is 13.7. The number of aromatic nitrogens is 3. The van der Waals surface area contributed by atoms with E-state index in [0.717, 1.165) is 43.3 Å². The molecule has 0 saturated carbocycles. The zero-order valence-electron chi connectivity index (χ0n) is 13.7. The van der Waals surface area contributed by atoms with E-state index in [-0.39, 0.29) is 0 Å². The van der Waals surface area contributed by atoms with Crippen molar-refractivity contribution in [2.45, 2.75) is 32.1 Å². The summed E-state index contributed by atoms with van der Waals surface area (Å²) in [4.78, 5) is 7.40. The van der Waals surface area contributed by atoms with Crippen molar-refractivity contribution >= 4 is 11.5 Å². The van der Waals surface area contributed by atoms with Crippen molar-refractivity contribution < 1.29 is 4.74 Å². The van der Waals surface area contributed by atoms with Gasteiger partial charge in [-0.2, -0.15) is 9.61 Å². The molecule has 2 atom stereocenters. The fraction of sp³-hybridized carbons (Fsp3) is 0.647. The highest BCUT2D eigenvalue weighted by atomic mass is 16.5. The number of nitrogens with two attached hydrogens (primary N) is 1. The van der Waals surface area contributed by atoms with E-state index in [2.05, 4.69) is 10.00 Å². The molecule has 0 bridgehead atoms. The number of fused-ring (bicyclic) bond motifs is 1. The van der Waals surface area contributed by atoms with E-state index in [1.54, 1.807) is 4.52 Å². The lowest BCUT2D eigenvalue weighted by molar-refractivity contribution is 0.149. The standard InChI is InChI=1S/C17H25N5O/c1-12-7-17-19-15(8-16(18)22(17)20-12)14-3-2-5-21(10-14)9-13-4-6-23-11-13/h7-8,13-14H,2-6,9-11,18H2,1H3/t13-,14+/m0/s1. The summed E-state index contributed by atoms with van der Waals surface area (Å²) in [7, 11) is 0. The van der Waals surface area contributed by atoms with Crippen molar-refractivity contribution in [1.29, 1.82) is 0 Å². The number of ether oxygens (including phenoxy) is 1. The smallest absolute Gasteiger partial charge is 0.157 e. The second kappa shape index (κ2) is 6.09. The molecule has 6 heteroatoms. The van der Waals surface area contributed by atoms with E-state index in [9.17, 15) is 0 Å². The van der Waals surface area contributed by atoms with E-state index in [4.69, 9.17) is 15.5 Å². The lowest BCUT2D eigenvalue weighted by Crippen LogP contribution is -2.38. The topological polar surface area (TPSA) is 68.7 Å². The fourth-order valence-corrected chi connectivity index (χ4v) is 3.90. The van der Waals surface area contributed by atoms with Crippen LogP contribution in [0.3, 0.4) is 0 Å². The highest BCUT2D eigenvalue weighted by Crippen LogP contribution is 2.28. The molecule has 2 saturated heterocycles. The van der Waals surface area contributed by atoms with Gasteiger partial charge in [-0.05, 0) is 38.6 Å². The van der Waals surface area contributed by atoms with Gasteiger partial charge in [-0.1, -0.05) is 0 Å². The quantitative estimate of drug-likeness (QED) is 0.936. The van der Waals surface area contributed by atoms with Crippen LogP contribution in [0.25, 0.3) is 5.65 Å². The van der Waals surface area contributed by atoms with Crippen LogP contribution in [0.15, 0.2) is 12.1 Å². The van der Waals surface area contributed by atoms with Crippen LogP contribution in [0.4, 0.5) is 5.82 Å². The molecule has 0 radical (unpaired) electrons. The number of nitrogens with zero attached hydrogens (tertiary/aromatic N) is 4. The average Bonchev–Trinajstić information content (AvgIpc) is 3.16. The third-order valence-corrected chi connectivity index (χ3v) is 5.06. The minimum atomic E-state index is 0.466. The summed E-state index contributed by atoms with van der Waals surface area (Å²) >= 11 is 0. The Morgan fingerprint density at radius 2 is 2.26 bits per heavy atom. The largest absolute Gasteiger partial charge is 0.384 e. The summed E-state index contributed by atoms with van der Waals surface area (Å²) < 4.78 is 7.24. The number of aryl methyl sites for hydroxylation is 1. The maximum Gasteiger partial charge on any atom is 0.157 e. The van der Waals surface area contributed by atoms with Gasteiger partial charge in [0, 0.05) is 37.7 Å². The normalized spacial score (nSPS) is 26.1. The molecular weight excluding hydrogens is 290 g/mol. The van der Waals surface area contributed by atoms with Crippen molar-refractivity contribution in [2.75, 3.05) is 38.6 Å². The van der Waals surface area contributed by atoms with E-state index in [1.807, 2.05) is 19.1 Å². The number of rotatable bonds is 3. The molecule has 0 amide bonds. The summed E-state index contributed by atoms with van der Waals surface area (Å²) in [6, 6.07) is 4.00. The molecule has 0 unspecified atom stereocenters. The van der Waals surface area contributed by atoms with Crippen molar-refractivity contribution in [3.63, 3.8) is 0 Å². The molecule has 0 spiro atoms. The van der Waals surface area contributed by atoms with Crippen molar-refractivity contribution in [1.82, 2.24) is 19.5 Å². The molecule has 0 aromatic carbocycles. The van der Waals surface area contributed by atoms with Crippen molar-refractivity contribution in [3.8, 4) is 0 Å². The summed E-state index contributed by atoms with van der Waals surface area (Å²) in [5.41, 5.74) is 9.10. The first kappa shape index (κ1) is 14.9. The van der Waals surface area contributed by atoms with Gasteiger partial charge in [-0.15, -0.1) is 0 Å². The third-order valence-electron chi connectivity index (χ3n) is 5.06. The van der Waals surface area contributed by atoms with Crippen molar-refractivity contribution in [2.24, 2.45) is 5.92 Å². The SMILES string of the molecule is Cc1cc2nc([C@@H]3CCCN(C[C@@H]4CCOC4)C3)cc(N)n2n1. The predicted octanol–water partition coefficient (Wildman–Crippen LogP) is 1.84. The monoisotopic (exact) mass is 315 g/mol. The highest BCUT2D eigenvalue weighted by Gasteiger charge is 2.26. The van der Waals surface area contributed by atoms with Gasteiger partial charge in [0.15, 0.2) is 5.65 Å². The first-order valence-corrected chi connectivity index (χ1v) is 8.62. The van der Waals surface area contributed by atoms with Crippen LogP contribution >= 0.6 is 0 Å². The molecule has 2 aliphatic heterocycles. The minimum Gasteiger partial charge on any atom is -0.384 e. The zero-order chi connectivity index (χ0) is 15.8. The molecular formula is C17H25N5O. The van der Waals surface area contributed by atoms with Crippen LogP contribution in [0.1, 0.15) is 36.6 Å². The molecule has 2 aliphatic rings. The van der Waals surface area contributed by atoms with Crippen molar-refractivity contribution in [3.05, 3.63) is 23.5 Å². The van der Waals surface area contributed by atoms with Gasteiger partial charge in [0.05, 0.1) is 18.0 Å². The van der Waals surface area contributed by atoms with Crippen LogP contribution in [-0.4, -0.2) is 52.3 Å². The summed E-state index contributed by atoms with van der Waals surface area (Å²) in [6.45, 7) is 7.24. The summed E-state index contributed by atoms with van der Waals surface area (Å²) in [5, 5.41) is 4.39. The van der Waals surface area contributed by atoms with Crippen LogP contribution in [0.2, 0.25) is 0 Å². The van der Waals surface area contributed by atoms with E-state index in [0.29, 0.717) is 17.7 Å². The maximum absolute atomic E-state index is 6.17. The number of hydrogen-bond donors (Lipinski definition) is 1. The number of nitrogen functional groups attached to an aromatic ring is 1. The Hall–Kier alpha value is -1.66. The first-order valence-electron chi connectivity index (χ1n) is 8.62. The fourth-order valence-electron chi connectivity index (χ4n) is 3.90. The number of likely N-dealkylation sites (tertiary alicyclic amines) is 1. The lowest BCUT2D eigenvalue weighted by Gasteiger charge is -2.33. The molecule has 4 heterocycles. The Morgan fingerprint density at radius 1 is 1.35 bits per heavy atom. The summed E-state index contributed by atoms with van der Waals surface area (Å²) in [6.07, 6.45) is 3.62. The van der Waals surface area contributed by atoms with Crippen LogP contribution in [0, 0.1) is 12.8 Å². The number of piperidine rings is 1. The molecule has 6 nitrogen and oxygen atoms in total. The van der Waals surface area contributed by atoms with E-state index in [1.165, 1.54) is 25.8 Å². The first-order chi connectivity index (χ1) is 11.2. The Kier molecular flexibility index (Phi) is 3.95. The Labute approximate surface area is 136 Å². The van der Waals surface area contributed by atoms with Gasteiger partial charge in [0.2, 0.25) is 0 Å². The van der Waals surface area contributed by atoms with E-state index >= 15 is 0 Å². The molecule has 4 rings (SSSR count). The van der Waals surface area contributed by atoms with Gasteiger partial charge in [0.1, 0.15) is 5.82 Å². The van der Waals surface area contributed by atoms with Gasteiger partial charge in [0.25, 0.3) is 0 Å². The summed E-state index contributed by atoms with van der Waals surface area (Å²) in [5.74, 6) is 1.85. The Bertz CT molecular complexity index is 692. The molecule has 2 N–H and O–H groups in total. The molecule has 23 heavy (non-hydrogen) atoms. The van der Waals surface area contributed by atoms with Gasteiger partial charge in [-0.25, -0.2) is 4.98 Å². The molecule has 2 fully saturated rings. The Balaban J connectivity index is 1.52. The molecule has 124 valence electrons. The number of hydrogen-bond acceptors (Lipinski definition) is 5.